The predicted octanol–water partition coefficient (Wildman–Crippen LogP) is 4.21. The number of alkyl carbamates (subject to hydrolysis) is 1. The standard InChI is InChI=1S/C39H45N5O9S/c1-7-24-21-39(24,36(47)43-54(49,50)27-15-16-27)42-34(45)31-19-26(22-44(31)35(46)33(38(3,4)5)41-37(48)52-8-2)53-32-20-29(23-12-10-9-11-13-23)40-30-18-25(51-6)14-17-28(30)32/h7-14,17-18,20,24,26-27,31,33H,1-2,15-16,19,21-22H2,3-6H3,(H,41,48)(H,42,45)(H,43,47)/t24-,26-,31?,33-,39?/m1/s1. The first-order chi connectivity index (χ1) is 25.6. The predicted molar refractivity (Wildman–Crippen MR) is 201 cm³/mol. The zero-order valence-corrected chi connectivity index (χ0v) is 31.5. The summed E-state index contributed by atoms with van der Waals surface area (Å²) in [5.41, 5.74) is -0.351. The van der Waals surface area contributed by atoms with E-state index >= 15 is 0 Å². The van der Waals surface area contributed by atoms with E-state index in [9.17, 15) is 27.6 Å². The molecule has 2 aliphatic carbocycles. The van der Waals surface area contributed by atoms with E-state index in [1.807, 2.05) is 36.4 Å². The minimum Gasteiger partial charge on any atom is -0.497 e. The van der Waals surface area contributed by atoms with Crippen LogP contribution < -0.4 is 24.8 Å². The molecule has 0 spiro atoms. The molecule has 1 aromatic heterocycles. The minimum atomic E-state index is -3.92. The summed E-state index contributed by atoms with van der Waals surface area (Å²) in [7, 11) is -2.36. The van der Waals surface area contributed by atoms with Gasteiger partial charge in [0.25, 0.3) is 5.91 Å². The normalized spacial score (nSPS) is 22.7. The second-order valence-corrected chi connectivity index (χ2v) is 16.9. The van der Waals surface area contributed by atoms with Crippen LogP contribution in [0, 0.1) is 11.3 Å². The van der Waals surface area contributed by atoms with Crippen molar-refractivity contribution in [2.24, 2.45) is 11.3 Å². The molecule has 3 aliphatic rings. The number of carbonyl (C=O) groups excluding carboxylic acids is 4. The number of amides is 4. The van der Waals surface area contributed by atoms with Gasteiger partial charge in [-0.25, -0.2) is 18.2 Å². The largest absolute Gasteiger partial charge is 0.497 e. The molecule has 1 aliphatic heterocycles. The van der Waals surface area contributed by atoms with Crippen LogP contribution in [0.15, 0.2) is 80.1 Å². The Morgan fingerprint density at radius 1 is 1.06 bits per heavy atom. The Labute approximate surface area is 314 Å². The first kappa shape index (κ1) is 38.3. The molecule has 3 fully saturated rings. The molecule has 15 heteroatoms. The summed E-state index contributed by atoms with van der Waals surface area (Å²) in [6.45, 7) is 12.4. The summed E-state index contributed by atoms with van der Waals surface area (Å²) in [5, 5.41) is 5.40. The van der Waals surface area contributed by atoms with E-state index < -0.39 is 74.1 Å². The lowest BCUT2D eigenvalue weighted by molar-refractivity contribution is -0.142. The van der Waals surface area contributed by atoms with Crippen molar-refractivity contribution in [3.05, 3.63) is 80.1 Å². The smallest absolute Gasteiger partial charge is 0.412 e. The number of likely N-dealkylation sites (tertiary alicyclic amines) is 1. The summed E-state index contributed by atoms with van der Waals surface area (Å²) in [4.78, 5) is 61.1. The number of fused-ring (bicyclic) bond motifs is 1. The molecule has 54 heavy (non-hydrogen) atoms. The highest BCUT2D eigenvalue weighted by Gasteiger charge is 2.62. The van der Waals surface area contributed by atoms with Gasteiger partial charge in [0.2, 0.25) is 21.8 Å². The summed E-state index contributed by atoms with van der Waals surface area (Å²) >= 11 is 0. The minimum absolute atomic E-state index is 0.00299. The van der Waals surface area contributed by atoms with E-state index in [-0.39, 0.29) is 19.4 Å². The molecule has 286 valence electrons. The molecule has 1 saturated heterocycles. The maximum atomic E-state index is 14.5. The van der Waals surface area contributed by atoms with Gasteiger partial charge in [-0.1, -0.05) is 63.8 Å². The van der Waals surface area contributed by atoms with E-state index in [0.29, 0.717) is 40.9 Å². The number of nitrogens with zero attached hydrogens (tertiary/aromatic N) is 2. The summed E-state index contributed by atoms with van der Waals surface area (Å²) < 4.78 is 44.6. The molecule has 2 aromatic carbocycles. The van der Waals surface area contributed by atoms with Gasteiger partial charge in [-0.05, 0) is 36.8 Å². The number of nitrogens with one attached hydrogen (secondary N) is 3. The molecular formula is C39H45N5O9S. The maximum absolute atomic E-state index is 14.5. The lowest BCUT2D eigenvalue weighted by Gasteiger charge is -2.35. The van der Waals surface area contributed by atoms with Crippen molar-refractivity contribution < 1.29 is 41.8 Å². The van der Waals surface area contributed by atoms with Gasteiger partial charge in [0, 0.05) is 35.4 Å². The number of benzene rings is 2. The molecule has 0 bridgehead atoms. The van der Waals surface area contributed by atoms with Gasteiger partial charge in [-0.15, -0.1) is 6.58 Å². The SMILES string of the molecule is C=COC(=O)N[C@H](C(=O)N1C[C@H](Oc2cc(-c3ccccc3)nc3cc(OC)ccc23)CC1C(=O)NC1(C(=O)NS(=O)(=O)C2CC2)C[C@H]1C=C)C(C)(C)C. The average Bonchev–Trinajstić information content (AvgIpc) is 4.06. The van der Waals surface area contributed by atoms with Gasteiger partial charge in [0.05, 0.1) is 36.4 Å². The third-order valence-corrected chi connectivity index (χ3v) is 11.8. The molecule has 5 atom stereocenters. The van der Waals surface area contributed by atoms with Gasteiger partial charge in [0.1, 0.15) is 35.2 Å². The Hall–Kier alpha value is -5.44. The second-order valence-electron chi connectivity index (χ2n) is 14.9. The van der Waals surface area contributed by atoms with Crippen molar-refractivity contribution in [1.29, 1.82) is 0 Å². The fourth-order valence-electron chi connectivity index (χ4n) is 6.77. The van der Waals surface area contributed by atoms with Crippen LogP contribution in [0.3, 0.4) is 0 Å². The van der Waals surface area contributed by atoms with Crippen molar-refractivity contribution in [3.8, 4) is 22.8 Å². The van der Waals surface area contributed by atoms with E-state index in [1.54, 1.807) is 46.1 Å². The average molecular weight is 760 g/mol. The lowest BCUT2D eigenvalue weighted by Crippen LogP contribution is -2.60. The number of methoxy groups -OCH3 is 1. The van der Waals surface area contributed by atoms with E-state index in [4.69, 9.17) is 19.2 Å². The highest BCUT2D eigenvalue weighted by atomic mass is 32.2. The molecule has 6 rings (SSSR count). The van der Waals surface area contributed by atoms with Gasteiger partial charge in [-0.3, -0.25) is 19.1 Å². The third kappa shape index (κ3) is 7.91. The van der Waals surface area contributed by atoms with Crippen molar-refractivity contribution in [2.45, 2.75) is 75.4 Å². The number of hydrogen-bond acceptors (Lipinski definition) is 10. The molecule has 14 nitrogen and oxygen atoms in total. The lowest BCUT2D eigenvalue weighted by atomic mass is 9.85. The second kappa shape index (κ2) is 14.8. The highest BCUT2D eigenvalue weighted by molar-refractivity contribution is 7.91. The van der Waals surface area contributed by atoms with Crippen molar-refractivity contribution >= 4 is 44.7 Å². The van der Waals surface area contributed by atoms with E-state index in [0.717, 1.165) is 11.8 Å². The first-order valence-electron chi connectivity index (χ1n) is 17.7. The highest BCUT2D eigenvalue weighted by Crippen LogP contribution is 2.46. The Morgan fingerprint density at radius 2 is 1.78 bits per heavy atom. The van der Waals surface area contributed by atoms with Gasteiger partial charge in [0.15, 0.2) is 0 Å². The molecule has 4 amide bonds. The Morgan fingerprint density at radius 3 is 2.39 bits per heavy atom. The van der Waals surface area contributed by atoms with Crippen LogP contribution in [-0.4, -0.2) is 84.7 Å². The van der Waals surface area contributed by atoms with Crippen LogP contribution in [0.1, 0.15) is 46.5 Å². The number of pyridine rings is 1. The number of aromatic nitrogens is 1. The fraction of sp³-hybridized carbons (Fsp3) is 0.410. The topological polar surface area (TPSA) is 182 Å². The van der Waals surface area contributed by atoms with Gasteiger partial charge < -0.3 is 29.7 Å². The Kier molecular flexibility index (Phi) is 10.5. The number of rotatable bonds is 13. The van der Waals surface area contributed by atoms with Crippen LogP contribution in [0.4, 0.5) is 4.79 Å². The number of hydrogen-bond donors (Lipinski definition) is 3. The van der Waals surface area contributed by atoms with E-state index in [1.165, 1.54) is 11.0 Å². The van der Waals surface area contributed by atoms with Crippen LogP contribution in [-0.2, 0) is 29.1 Å². The van der Waals surface area contributed by atoms with Gasteiger partial charge in [-0.2, -0.15) is 0 Å². The quantitative estimate of drug-likeness (QED) is 0.169. The number of sulfonamides is 1. The van der Waals surface area contributed by atoms with Crippen LogP contribution in [0.2, 0.25) is 0 Å². The zero-order chi connectivity index (χ0) is 39.0. The molecule has 2 saturated carbocycles. The molecular weight excluding hydrogens is 715 g/mol. The van der Waals surface area contributed by atoms with Crippen molar-refractivity contribution in [1.82, 2.24) is 25.2 Å². The maximum Gasteiger partial charge on any atom is 0.412 e. The van der Waals surface area contributed by atoms with Gasteiger partial charge >= 0.3 is 6.09 Å². The summed E-state index contributed by atoms with van der Waals surface area (Å²) in [6, 6.07) is 14.4. The number of carbonyl (C=O) groups is 4. The van der Waals surface area contributed by atoms with Crippen LogP contribution in [0.5, 0.6) is 11.5 Å². The Bertz CT molecular complexity index is 2100. The van der Waals surface area contributed by atoms with Crippen molar-refractivity contribution in [3.63, 3.8) is 0 Å². The molecule has 2 heterocycles. The first-order valence-corrected chi connectivity index (χ1v) is 19.2. The fourth-order valence-corrected chi connectivity index (χ4v) is 8.14. The van der Waals surface area contributed by atoms with Crippen molar-refractivity contribution in [2.75, 3.05) is 13.7 Å². The zero-order valence-electron chi connectivity index (χ0n) is 30.7. The van der Waals surface area contributed by atoms with Crippen LogP contribution >= 0.6 is 0 Å². The Balaban J connectivity index is 1.34. The molecule has 3 aromatic rings. The molecule has 3 N–H and O–H groups in total. The summed E-state index contributed by atoms with van der Waals surface area (Å²) in [5.74, 6) is -1.62. The van der Waals surface area contributed by atoms with Crippen LogP contribution in [0.25, 0.3) is 22.2 Å². The number of ether oxygens (including phenoxy) is 3. The summed E-state index contributed by atoms with van der Waals surface area (Å²) in [6.07, 6.45) is 1.81. The molecule has 0 radical (unpaired) electrons. The van der Waals surface area contributed by atoms with E-state index in [2.05, 4.69) is 28.5 Å². The molecule has 2 unspecified atom stereocenters. The third-order valence-electron chi connectivity index (χ3n) is 10.0. The monoisotopic (exact) mass is 759 g/mol.